The number of amides is 1. The molecule has 1 heterocycles. The Kier molecular flexibility index (Phi) is 4.78. The normalized spacial score (nSPS) is 22.7. The summed E-state index contributed by atoms with van der Waals surface area (Å²) >= 11 is 0. The minimum absolute atomic E-state index is 0.186. The van der Waals surface area contributed by atoms with Crippen molar-refractivity contribution in [2.24, 2.45) is 5.92 Å². The van der Waals surface area contributed by atoms with Crippen LogP contribution in [0.2, 0.25) is 0 Å². The minimum atomic E-state index is 0.186. The number of likely N-dealkylation sites (N-methyl/N-ethyl adjacent to an activating group) is 1. The van der Waals surface area contributed by atoms with E-state index in [9.17, 15) is 4.79 Å². The lowest BCUT2D eigenvalue weighted by molar-refractivity contribution is -0.125. The van der Waals surface area contributed by atoms with Gasteiger partial charge in [0.15, 0.2) is 0 Å². The molecule has 0 radical (unpaired) electrons. The fraction of sp³-hybridized carbons (Fsp3) is 0.889. The second-order valence-corrected chi connectivity index (χ2v) is 3.44. The Hall–Kier alpha value is -0.610. The average molecular weight is 185 g/mol. The minimum Gasteiger partial charge on any atom is -0.355 e. The summed E-state index contributed by atoms with van der Waals surface area (Å²) < 4.78 is 0. The van der Waals surface area contributed by atoms with Gasteiger partial charge in [-0.05, 0) is 26.4 Å². The number of carbonyl (C=O) groups excluding carboxylic acids is 1. The molecular formula is C9H19N3O. The first-order valence-electron chi connectivity index (χ1n) is 4.97. The molecule has 3 N–H and O–H groups in total. The number of rotatable bonds is 4. The van der Waals surface area contributed by atoms with E-state index >= 15 is 0 Å². The smallest absolute Gasteiger partial charge is 0.224 e. The molecule has 1 atom stereocenters. The highest BCUT2D eigenvalue weighted by atomic mass is 16.1. The van der Waals surface area contributed by atoms with Crippen LogP contribution in [-0.4, -0.2) is 39.1 Å². The van der Waals surface area contributed by atoms with Gasteiger partial charge in [-0.15, -0.1) is 0 Å². The van der Waals surface area contributed by atoms with E-state index in [1.165, 1.54) is 0 Å². The van der Waals surface area contributed by atoms with Gasteiger partial charge in [0.1, 0.15) is 0 Å². The third-order valence-electron chi connectivity index (χ3n) is 2.34. The molecule has 4 heteroatoms. The van der Waals surface area contributed by atoms with E-state index < -0.39 is 0 Å². The molecule has 0 spiro atoms. The Morgan fingerprint density at radius 2 is 2.38 bits per heavy atom. The molecule has 4 nitrogen and oxygen atoms in total. The van der Waals surface area contributed by atoms with Gasteiger partial charge in [-0.3, -0.25) is 4.79 Å². The zero-order valence-electron chi connectivity index (χ0n) is 8.23. The third-order valence-corrected chi connectivity index (χ3v) is 2.34. The van der Waals surface area contributed by atoms with Crippen LogP contribution < -0.4 is 16.0 Å². The number of hydrogen-bond donors (Lipinski definition) is 3. The third kappa shape index (κ3) is 3.74. The summed E-state index contributed by atoms with van der Waals surface area (Å²) in [6.07, 6.45) is 2.14. The predicted molar refractivity (Wildman–Crippen MR) is 52.5 cm³/mol. The molecule has 0 aromatic heterocycles. The summed E-state index contributed by atoms with van der Waals surface area (Å²) in [6.45, 7) is 3.46. The van der Waals surface area contributed by atoms with E-state index in [0.717, 1.165) is 39.0 Å². The maximum Gasteiger partial charge on any atom is 0.224 e. The largest absolute Gasteiger partial charge is 0.355 e. The molecule has 1 amide bonds. The van der Waals surface area contributed by atoms with Crippen LogP contribution >= 0.6 is 0 Å². The van der Waals surface area contributed by atoms with Crippen molar-refractivity contribution in [2.75, 3.05) is 33.2 Å². The van der Waals surface area contributed by atoms with Gasteiger partial charge in [0.25, 0.3) is 0 Å². The SMILES string of the molecule is CNCCNC(=O)C1CCCNC1. The van der Waals surface area contributed by atoms with Crippen LogP contribution in [0.1, 0.15) is 12.8 Å². The summed E-state index contributed by atoms with van der Waals surface area (Å²) in [5.41, 5.74) is 0. The highest BCUT2D eigenvalue weighted by Gasteiger charge is 2.19. The van der Waals surface area contributed by atoms with E-state index in [4.69, 9.17) is 0 Å². The van der Waals surface area contributed by atoms with Crippen LogP contribution in [0.25, 0.3) is 0 Å². The average Bonchev–Trinajstić information content (AvgIpc) is 2.19. The molecule has 1 aliphatic heterocycles. The maximum atomic E-state index is 11.5. The summed E-state index contributed by atoms with van der Waals surface area (Å²) in [7, 11) is 1.88. The molecule has 1 unspecified atom stereocenters. The Balaban J connectivity index is 2.13. The Bertz CT molecular complexity index is 155. The highest BCUT2D eigenvalue weighted by Crippen LogP contribution is 2.09. The highest BCUT2D eigenvalue weighted by molar-refractivity contribution is 5.78. The molecule has 1 fully saturated rings. The first kappa shape index (κ1) is 10.5. The monoisotopic (exact) mass is 185 g/mol. The standard InChI is InChI=1S/C9H19N3O/c1-10-5-6-12-9(13)8-3-2-4-11-7-8/h8,10-11H,2-7H2,1H3,(H,12,13). The second-order valence-electron chi connectivity index (χ2n) is 3.44. The lowest BCUT2D eigenvalue weighted by atomic mass is 9.99. The fourth-order valence-corrected chi connectivity index (χ4v) is 1.53. The predicted octanol–water partition coefficient (Wildman–Crippen LogP) is -0.678. The molecule has 1 aliphatic rings. The Morgan fingerprint density at radius 1 is 1.54 bits per heavy atom. The molecule has 0 bridgehead atoms. The van der Waals surface area contributed by atoms with Crippen LogP contribution in [0.15, 0.2) is 0 Å². The maximum absolute atomic E-state index is 11.5. The number of piperidine rings is 1. The molecule has 13 heavy (non-hydrogen) atoms. The van der Waals surface area contributed by atoms with Gasteiger partial charge in [0.2, 0.25) is 5.91 Å². The molecule has 1 rings (SSSR count). The van der Waals surface area contributed by atoms with Crippen molar-refractivity contribution in [2.45, 2.75) is 12.8 Å². The molecule has 0 aromatic rings. The van der Waals surface area contributed by atoms with Crippen molar-refractivity contribution in [1.29, 1.82) is 0 Å². The van der Waals surface area contributed by atoms with E-state index in [2.05, 4.69) is 16.0 Å². The number of nitrogens with one attached hydrogen (secondary N) is 3. The van der Waals surface area contributed by atoms with Crippen molar-refractivity contribution >= 4 is 5.91 Å². The summed E-state index contributed by atoms with van der Waals surface area (Å²) in [5.74, 6) is 0.382. The van der Waals surface area contributed by atoms with E-state index in [1.807, 2.05) is 7.05 Å². The van der Waals surface area contributed by atoms with Gasteiger partial charge >= 0.3 is 0 Å². The first-order chi connectivity index (χ1) is 6.34. The lowest BCUT2D eigenvalue weighted by Crippen LogP contribution is -2.42. The van der Waals surface area contributed by atoms with Crippen LogP contribution in [-0.2, 0) is 4.79 Å². The topological polar surface area (TPSA) is 53.2 Å². The van der Waals surface area contributed by atoms with Crippen molar-refractivity contribution in [3.05, 3.63) is 0 Å². The van der Waals surface area contributed by atoms with Gasteiger partial charge in [0, 0.05) is 19.6 Å². The van der Waals surface area contributed by atoms with Gasteiger partial charge in [0.05, 0.1) is 5.92 Å². The van der Waals surface area contributed by atoms with Crippen molar-refractivity contribution in [3.8, 4) is 0 Å². The van der Waals surface area contributed by atoms with Crippen molar-refractivity contribution < 1.29 is 4.79 Å². The molecule has 1 saturated heterocycles. The Morgan fingerprint density at radius 3 is 3.00 bits per heavy atom. The van der Waals surface area contributed by atoms with Crippen LogP contribution in [0, 0.1) is 5.92 Å². The van der Waals surface area contributed by atoms with Crippen molar-refractivity contribution in [3.63, 3.8) is 0 Å². The molecule has 0 aliphatic carbocycles. The molecule has 76 valence electrons. The summed E-state index contributed by atoms with van der Waals surface area (Å²) in [6, 6.07) is 0. The zero-order valence-corrected chi connectivity index (χ0v) is 8.23. The van der Waals surface area contributed by atoms with Crippen LogP contribution in [0.5, 0.6) is 0 Å². The summed E-state index contributed by atoms with van der Waals surface area (Å²) in [4.78, 5) is 11.5. The first-order valence-corrected chi connectivity index (χ1v) is 4.97. The Labute approximate surface area is 79.5 Å². The van der Waals surface area contributed by atoms with Crippen LogP contribution in [0.4, 0.5) is 0 Å². The molecule has 0 saturated carbocycles. The van der Waals surface area contributed by atoms with Gasteiger partial charge in [-0.2, -0.15) is 0 Å². The molecular weight excluding hydrogens is 166 g/mol. The number of carbonyl (C=O) groups is 1. The second kappa shape index (κ2) is 5.94. The van der Waals surface area contributed by atoms with Crippen molar-refractivity contribution in [1.82, 2.24) is 16.0 Å². The fourth-order valence-electron chi connectivity index (χ4n) is 1.53. The number of hydrogen-bond acceptors (Lipinski definition) is 3. The van der Waals surface area contributed by atoms with Crippen LogP contribution in [0.3, 0.4) is 0 Å². The molecule has 0 aromatic carbocycles. The summed E-state index contributed by atoms with van der Waals surface area (Å²) in [5, 5.41) is 9.14. The zero-order chi connectivity index (χ0) is 9.52. The van der Waals surface area contributed by atoms with E-state index in [0.29, 0.717) is 0 Å². The van der Waals surface area contributed by atoms with Gasteiger partial charge < -0.3 is 16.0 Å². The van der Waals surface area contributed by atoms with E-state index in [-0.39, 0.29) is 11.8 Å². The van der Waals surface area contributed by atoms with Gasteiger partial charge in [-0.25, -0.2) is 0 Å². The van der Waals surface area contributed by atoms with Gasteiger partial charge in [-0.1, -0.05) is 0 Å². The van der Waals surface area contributed by atoms with E-state index in [1.54, 1.807) is 0 Å². The lowest BCUT2D eigenvalue weighted by Gasteiger charge is -2.21. The quantitative estimate of drug-likeness (QED) is 0.509.